The van der Waals surface area contributed by atoms with Crippen molar-refractivity contribution >= 4 is 51.4 Å². The number of nitriles is 1. The van der Waals surface area contributed by atoms with E-state index < -0.39 is 12.0 Å². The number of hydrogen-bond acceptors (Lipinski definition) is 8. The number of rotatable bonds is 8. The van der Waals surface area contributed by atoms with Gasteiger partial charge in [0.2, 0.25) is 0 Å². The number of carboxylic acid groups (broad SMARTS) is 1. The topological polar surface area (TPSA) is 125 Å². The smallest absolute Gasteiger partial charge is 0.324 e. The van der Waals surface area contributed by atoms with Crippen LogP contribution in [0.4, 0.5) is 11.4 Å². The number of benzene rings is 2. The number of carbonyl (C=O) groups is 1. The van der Waals surface area contributed by atoms with Gasteiger partial charge in [-0.15, -0.1) is 5.53 Å². The van der Waals surface area contributed by atoms with Gasteiger partial charge in [-0.25, -0.2) is 0 Å². The van der Waals surface area contributed by atoms with Crippen LogP contribution < -0.4 is 21.6 Å². The molecule has 0 bridgehead atoms. The normalized spacial score (nSPS) is 15.3. The SMILES string of the molecule is [2H]C(Nc1cc(Cl)c2ncc(C#N)c(NCC(C)(C)C)c2c1)(C1=CN(CC(=O)O)NN1)c1ccccc1Cl. The lowest BCUT2D eigenvalue weighted by molar-refractivity contribution is -0.138. The third-order valence-electron chi connectivity index (χ3n) is 5.45. The molecular weight excluding hydrogens is 513 g/mol. The average Bonchev–Trinajstić information content (AvgIpc) is 3.30. The Bertz CT molecular complexity index is 1470. The summed E-state index contributed by atoms with van der Waals surface area (Å²) in [6.45, 7) is 6.51. The molecular formula is C26H27Cl2N7O2. The molecule has 1 aliphatic rings. The number of carboxylic acids is 1. The standard InChI is InChI=1S/C26H27Cl2N7O2/c1-26(2,3)14-31-23-15(10-29)11-30-24-18(23)8-16(9-20(24)28)32-25(17-6-4-5-7-19(17)27)21-12-35(34-33-21)13-22(36)37/h4-9,11-12,25,32-34H,13-14H2,1-3H3,(H,30,31)(H,36,37)/i25D. The number of hydrogen-bond donors (Lipinski definition) is 5. The van der Waals surface area contributed by atoms with Crippen LogP contribution in [0, 0.1) is 16.7 Å². The molecule has 37 heavy (non-hydrogen) atoms. The fourth-order valence-electron chi connectivity index (χ4n) is 3.76. The van der Waals surface area contributed by atoms with Gasteiger partial charge in [0, 0.05) is 35.0 Å². The molecule has 2 aromatic carbocycles. The van der Waals surface area contributed by atoms with Gasteiger partial charge in [-0.3, -0.25) is 14.8 Å². The number of nitrogens with one attached hydrogen (secondary N) is 4. The predicted octanol–water partition coefficient (Wildman–Crippen LogP) is 5.28. The molecule has 3 aromatic rings. The van der Waals surface area contributed by atoms with Gasteiger partial charge in [-0.1, -0.05) is 62.2 Å². The summed E-state index contributed by atoms with van der Waals surface area (Å²) >= 11 is 13.2. The Labute approximate surface area is 226 Å². The van der Waals surface area contributed by atoms with Crippen LogP contribution in [0.15, 0.2) is 54.5 Å². The Balaban J connectivity index is 1.84. The first-order chi connectivity index (χ1) is 17.9. The Kier molecular flexibility index (Phi) is 7.24. The highest BCUT2D eigenvalue weighted by atomic mass is 35.5. The summed E-state index contributed by atoms with van der Waals surface area (Å²) in [6.07, 6.45) is 2.98. The fraction of sp³-hybridized carbons (Fsp3) is 0.269. The van der Waals surface area contributed by atoms with Crippen molar-refractivity contribution in [1.29, 1.82) is 5.26 Å². The first-order valence-electron chi connectivity index (χ1n) is 11.9. The molecule has 4 rings (SSSR count). The van der Waals surface area contributed by atoms with Crippen molar-refractivity contribution in [2.75, 3.05) is 23.7 Å². The van der Waals surface area contributed by atoms with Crippen molar-refractivity contribution in [3.63, 3.8) is 0 Å². The molecule has 1 atom stereocenters. The summed E-state index contributed by atoms with van der Waals surface area (Å²) in [7, 11) is 0. The monoisotopic (exact) mass is 540 g/mol. The van der Waals surface area contributed by atoms with E-state index >= 15 is 0 Å². The maximum atomic E-state index is 11.2. The minimum Gasteiger partial charge on any atom is -0.480 e. The minimum atomic E-state index is -1.69. The zero-order chi connectivity index (χ0) is 27.7. The Morgan fingerprint density at radius 2 is 2.05 bits per heavy atom. The summed E-state index contributed by atoms with van der Waals surface area (Å²) in [5.74, 6) is -1.05. The third-order valence-corrected chi connectivity index (χ3v) is 6.07. The molecule has 5 N–H and O–H groups in total. The molecule has 11 heteroatoms. The van der Waals surface area contributed by atoms with Gasteiger partial charge in [0.1, 0.15) is 12.6 Å². The lowest BCUT2D eigenvalue weighted by Gasteiger charge is -2.24. The van der Waals surface area contributed by atoms with Crippen LogP contribution in [0.3, 0.4) is 0 Å². The van der Waals surface area contributed by atoms with Crippen molar-refractivity contribution in [3.05, 3.63) is 75.7 Å². The number of pyridine rings is 1. The molecule has 2 heterocycles. The quantitative estimate of drug-likeness (QED) is 0.259. The van der Waals surface area contributed by atoms with Crippen LogP contribution in [-0.4, -0.2) is 34.2 Å². The maximum absolute atomic E-state index is 11.2. The molecule has 0 amide bonds. The summed E-state index contributed by atoms with van der Waals surface area (Å²) in [6, 6.07) is 10.8. The van der Waals surface area contributed by atoms with Gasteiger partial charge in [0.05, 0.1) is 34.9 Å². The Morgan fingerprint density at radius 1 is 1.30 bits per heavy atom. The second-order valence-electron chi connectivity index (χ2n) is 9.71. The molecule has 1 aliphatic heterocycles. The first-order valence-corrected chi connectivity index (χ1v) is 12.2. The van der Waals surface area contributed by atoms with Crippen molar-refractivity contribution in [2.45, 2.75) is 26.8 Å². The number of aromatic nitrogens is 1. The lowest BCUT2D eigenvalue weighted by Crippen LogP contribution is -2.40. The zero-order valence-electron chi connectivity index (χ0n) is 21.5. The van der Waals surface area contributed by atoms with Crippen molar-refractivity contribution in [1.82, 2.24) is 21.0 Å². The van der Waals surface area contributed by atoms with Gasteiger partial charge in [0.25, 0.3) is 0 Å². The molecule has 0 fully saturated rings. The van der Waals surface area contributed by atoms with Crippen LogP contribution in [-0.2, 0) is 4.79 Å². The number of aliphatic carboxylic acids is 1. The van der Waals surface area contributed by atoms with E-state index in [0.29, 0.717) is 55.7 Å². The highest BCUT2D eigenvalue weighted by Crippen LogP contribution is 2.37. The van der Waals surface area contributed by atoms with Crippen LogP contribution in [0.1, 0.15) is 39.3 Å². The molecule has 1 unspecified atom stereocenters. The van der Waals surface area contributed by atoms with Crippen molar-refractivity contribution in [2.24, 2.45) is 5.41 Å². The second kappa shape index (κ2) is 10.7. The van der Waals surface area contributed by atoms with E-state index in [4.69, 9.17) is 23.2 Å². The van der Waals surface area contributed by atoms with Gasteiger partial charge in [0.15, 0.2) is 0 Å². The van der Waals surface area contributed by atoms with E-state index in [-0.39, 0.29) is 12.0 Å². The van der Waals surface area contributed by atoms with Gasteiger partial charge >= 0.3 is 5.97 Å². The van der Waals surface area contributed by atoms with Gasteiger partial charge < -0.3 is 21.2 Å². The van der Waals surface area contributed by atoms with Crippen LogP contribution in [0.2, 0.25) is 10.0 Å². The first kappa shape index (κ1) is 25.0. The fourth-order valence-corrected chi connectivity index (χ4v) is 4.26. The molecule has 0 radical (unpaired) electrons. The number of halogens is 2. The van der Waals surface area contributed by atoms with Gasteiger partial charge in [-0.2, -0.15) is 5.26 Å². The van der Waals surface area contributed by atoms with E-state index in [9.17, 15) is 16.5 Å². The van der Waals surface area contributed by atoms with Crippen LogP contribution in [0.5, 0.6) is 0 Å². The molecule has 0 aliphatic carbocycles. The summed E-state index contributed by atoms with van der Waals surface area (Å²) in [5.41, 5.74) is 8.23. The van der Waals surface area contributed by atoms with Gasteiger partial charge in [-0.05, 0) is 29.2 Å². The van der Waals surface area contributed by atoms with Crippen LogP contribution >= 0.6 is 23.2 Å². The van der Waals surface area contributed by atoms with E-state index in [0.717, 1.165) is 0 Å². The number of anilines is 2. The molecule has 1 aromatic heterocycles. The average molecular weight is 541 g/mol. The highest BCUT2D eigenvalue weighted by molar-refractivity contribution is 6.36. The number of fused-ring (bicyclic) bond motifs is 1. The van der Waals surface area contributed by atoms with Crippen LogP contribution in [0.25, 0.3) is 10.9 Å². The molecule has 0 spiro atoms. The third kappa shape index (κ3) is 6.17. The number of hydrazine groups is 2. The maximum Gasteiger partial charge on any atom is 0.324 e. The Hall–Kier alpha value is -3.71. The molecule has 0 saturated heterocycles. The zero-order valence-corrected chi connectivity index (χ0v) is 22.0. The molecule has 9 nitrogen and oxygen atoms in total. The predicted molar refractivity (Wildman–Crippen MR) is 146 cm³/mol. The van der Waals surface area contributed by atoms with E-state index in [1.807, 2.05) is 0 Å². The molecule has 192 valence electrons. The van der Waals surface area contributed by atoms with E-state index in [2.05, 4.69) is 53.4 Å². The largest absolute Gasteiger partial charge is 0.480 e. The van der Waals surface area contributed by atoms with Crippen molar-refractivity contribution in [3.8, 4) is 6.07 Å². The Morgan fingerprint density at radius 3 is 2.73 bits per heavy atom. The highest BCUT2D eigenvalue weighted by Gasteiger charge is 2.25. The summed E-state index contributed by atoms with van der Waals surface area (Å²) in [4.78, 5) is 15.6. The summed E-state index contributed by atoms with van der Waals surface area (Å²) < 4.78 is 9.52. The number of nitrogens with zero attached hydrogens (tertiary/aromatic N) is 3. The minimum absolute atomic E-state index is 0.0577. The second-order valence-corrected chi connectivity index (χ2v) is 10.5. The molecule has 0 saturated carbocycles. The van der Waals surface area contributed by atoms with E-state index in [1.165, 1.54) is 17.4 Å². The summed E-state index contributed by atoms with van der Waals surface area (Å²) in [5, 5.41) is 28.1. The van der Waals surface area contributed by atoms with Crippen molar-refractivity contribution < 1.29 is 11.3 Å². The lowest BCUT2D eigenvalue weighted by atomic mass is 9.96. The van der Waals surface area contributed by atoms with E-state index in [1.54, 1.807) is 36.4 Å².